The van der Waals surface area contributed by atoms with Gasteiger partial charge in [-0.1, -0.05) is 37.5 Å². The van der Waals surface area contributed by atoms with E-state index in [9.17, 15) is 22.4 Å². The van der Waals surface area contributed by atoms with Crippen molar-refractivity contribution in [3.05, 3.63) is 71.6 Å². The Morgan fingerprint density at radius 1 is 0.803 bits per heavy atom. The molecule has 6 aliphatic heterocycles. The molecule has 0 spiro atoms. The second kappa shape index (κ2) is 20.9. The molecule has 6 saturated heterocycles. The topological polar surface area (TPSA) is 109 Å². The number of piperidine rings is 3. The lowest BCUT2D eigenvalue weighted by Crippen LogP contribution is -2.59. The molecule has 1 saturated carbocycles. The number of nitrogens with zero attached hydrogens (tertiary/aromatic N) is 6. The van der Waals surface area contributed by atoms with Crippen molar-refractivity contribution in [1.82, 2.24) is 29.8 Å². The molecule has 2 amide bonds. The summed E-state index contributed by atoms with van der Waals surface area (Å²) in [5.74, 6) is 0.602. The zero-order valence-corrected chi connectivity index (χ0v) is 40.0. The van der Waals surface area contributed by atoms with Crippen molar-refractivity contribution in [3.8, 4) is 0 Å². The van der Waals surface area contributed by atoms with Crippen molar-refractivity contribution in [2.75, 3.05) is 110 Å². The number of anilines is 1. The summed E-state index contributed by atoms with van der Waals surface area (Å²) in [6.07, 6.45) is 14.3. The summed E-state index contributed by atoms with van der Waals surface area (Å²) < 4.78 is 62.6. The van der Waals surface area contributed by atoms with Crippen LogP contribution in [0.15, 0.2) is 59.5 Å². The molecule has 7 fully saturated rings. The maximum atomic E-state index is 15.3. The summed E-state index contributed by atoms with van der Waals surface area (Å²) in [6.45, 7) is 11.8. The number of carbonyl (C=O) groups is 2. The van der Waals surface area contributed by atoms with Gasteiger partial charge in [-0.2, -0.15) is 0 Å². The molecule has 9 rings (SSSR count). The van der Waals surface area contributed by atoms with Crippen molar-refractivity contribution in [2.45, 2.75) is 105 Å². The van der Waals surface area contributed by atoms with E-state index < -0.39 is 27.4 Å². The Morgan fingerprint density at radius 2 is 1.52 bits per heavy atom. The summed E-state index contributed by atoms with van der Waals surface area (Å²) in [5.41, 5.74) is 2.44. The smallest absolute Gasteiger partial charge is 0.407 e. The van der Waals surface area contributed by atoms with Gasteiger partial charge in [0.05, 0.1) is 12.0 Å². The van der Waals surface area contributed by atoms with Crippen molar-refractivity contribution >= 4 is 27.5 Å². The number of hydrogen-bond donors (Lipinski definition) is 1. The van der Waals surface area contributed by atoms with E-state index in [-0.39, 0.29) is 42.2 Å². The normalized spacial score (nSPS) is 25.9. The Balaban J connectivity index is 0.838. The predicted molar refractivity (Wildman–Crippen MR) is 254 cm³/mol. The molecule has 362 valence electrons. The molecule has 2 aromatic rings. The van der Waals surface area contributed by atoms with Crippen molar-refractivity contribution in [2.24, 2.45) is 17.8 Å². The van der Waals surface area contributed by atoms with Gasteiger partial charge in [0.2, 0.25) is 5.91 Å². The number of halogens is 2. The number of alkyl carbamates (subject to hydrolysis) is 1. The maximum absolute atomic E-state index is 15.3. The first-order valence-corrected chi connectivity index (χ1v) is 26.7. The molecule has 6 heterocycles. The Bertz CT molecular complexity index is 2130. The quantitative estimate of drug-likeness (QED) is 0.199. The molecule has 12 nitrogen and oxygen atoms in total. The first kappa shape index (κ1) is 47.4. The van der Waals surface area contributed by atoms with Gasteiger partial charge in [-0.05, 0) is 144 Å². The van der Waals surface area contributed by atoms with E-state index in [4.69, 9.17) is 4.74 Å². The molecule has 7 aliphatic rings. The highest BCUT2D eigenvalue weighted by Gasteiger charge is 2.53. The van der Waals surface area contributed by atoms with E-state index in [0.717, 1.165) is 115 Å². The van der Waals surface area contributed by atoms with Gasteiger partial charge in [0.25, 0.3) is 0 Å². The van der Waals surface area contributed by atoms with Crippen LogP contribution in [0.5, 0.6) is 0 Å². The number of sulfone groups is 1. The van der Waals surface area contributed by atoms with E-state index >= 15 is 4.39 Å². The summed E-state index contributed by atoms with van der Waals surface area (Å²) in [5, 5.41) is 2.56. The highest BCUT2D eigenvalue weighted by molar-refractivity contribution is 7.92. The van der Waals surface area contributed by atoms with Crippen LogP contribution in [-0.4, -0.2) is 168 Å². The lowest BCUT2D eigenvalue weighted by Gasteiger charge is -2.53. The molecular formula is C51H73F2N7O5S. The molecule has 0 bridgehead atoms. The van der Waals surface area contributed by atoms with Crippen LogP contribution >= 0.6 is 0 Å². The largest absolute Gasteiger partial charge is 0.453 e. The molecule has 1 N–H and O–H groups in total. The number of hydrogen-bond acceptors (Lipinski definition) is 10. The Kier molecular flexibility index (Phi) is 15.0. The van der Waals surface area contributed by atoms with Gasteiger partial charge in [0, 0.05) is 94.6 Å². The van der Waals surface area contributed by atoms with Gasteiger partial charge < -0.3 is 29.7 Å². The molecule has 66 heavy (non-hydrogen) atoms. The third kappa shape index (κ3) is 10.5. The first-order valence-electron chi connectivity index (χ1n) is 25.2. The summed E-state index contributed by atoms with van der Waals surface area (Å²) in [4.78, 5) is 39.4. The van der Waals surface area contributed by atoms with E-state index in [2.05, 4.69) is 31.0 Å². The average molecular weight is 934 g/mol. The van der Waals surface area contributed by atoms with Crippen LogP contribution in [0.4, 0.5) is 19.3 Å². The Hall–Kier alpha value is -3.63. The minimum Gasteiger partial charge on any atom is -0.453 e. The second-order valence-electron chi connectivity index (χ2n) is 20.8. The van der Waals surface area contributed by atoms with Crippen LogP contribution in [0, 0.1) is 23.6 Å². The lowest BCUT2D eigenvalue weighted by molar-refractivity contribution is -0.129. The summed E-state index contributed by atoms with van der Waals surface area (Å²) >= 11 is 0. The minimum absolute atomic E-state index is 0.0356. The SMILES string of the molecule is COC(=O)N[C@H]1CCC[C@@H]1C(CN1CCCCC1)(c1cccc(F)c1)C1CCN(CC2CN(c3ccc(S(=O)(=O)C4CN(C(=O)/C=C/CN5CCCCC5)C4)c(CN4CC(F)C4)c3)C2)CC1. The second-order valence-corrected chi connectivity index (χ2v) is 23.0. The molecule has 0 radical (unpaired) electrons. The Morgan fingerprint density at radius 3 is 2.20 bits per heavy atom. The van der Waals surface area contributed by atoms with Crippen LogP contribution in [-0.2, 0) is 31.3 Å². The fourth-order valence-corrected chi connectivity index (χ4v) is 14.6. The van der Waals surface area contributed by atoms with Gasteiger partial charge in [-0.15, -0.1) is 0 Å². The van der Waals surface area contributed by atoms with Crippen LogP contribution in [0.3, 0.4) is 0 Å². The number of rotatable bonds is 16. The number of benzene rings is 2. The Labute approximate surface area is 391 Å². The number of alkyl halides is 1. The van der Waals surface area contributed by atoms with Crippen LogP contribution in [0.2, 0.25) is 0 Å². The molecule has 15 heteroatoms. The predicted octanol–water partition coefficient (Wildman–Crippen LogP) is 6.10. The van der Waals surface area contributed by atoms with Gasteiger partial charge in [0.15, 0.2) is 9.84 Å². The summed E-state index contributed by atoms with van der Waals surface area (Å²) in [6, 6.07) is 13.0. The standard InChI is InChI=1S/C51H73F2N7O5S/c1-65-50(62)54-47-14-9-13-46(47)51(37-57-22-6-3-7-23-57,41-11-8-12-42(52)28-41)40-18-25-56(26-19-40)29-38-30-59(31-38)44-16-17-48(39(27-44)32-58-33-43(53)34-58)66(63,64)45-35-60(36-45)49(61)15-10-24-55-20-4-2-5-21-55/h8,10-12,15-17,27-28,38,40,43,45-47H,2-7,9,13-14,18-26,29-37H2,1H3,(H,54,62)/b15-10+/t46-,47-,51?/m0/s1. The molecule has 1 aliphatic carbocycles. The van der Waals surface area contributed by atoms with Gasteiger partial charge >= 0.3 is 6.09 Å². The fourth-order valence-electron chi connectivity index (χ4n) is 12.8. The van der Waals surface area contributed by atoms with Crippen molar-refractivity contribution in [1.29, 1.82) is 0 Å². The third-order valence-corrected chi connectivity index (χ3v) is 18.6. The van der Waals surface area contributed by atoms with Gasteiger partial charge in [-0.3, -0.25) is 14.6 Å². The number of amides is 2. The maximum Gasteiger partial charge on any atom is 0.407 e. The summed E-state index contributed by atoms with van der Waals surface area (Å²) in [7, 11) is -2.29. The van der Waals surface area contributed by atoms with Gasteiger partial charge in [-0.25, -0.2) is 22.0 Å². The highest BCUT2D eigenvalue weighted by Crippen LogP contribution is 2.51. The van der Waals surface area contributed by atoms with E-state index in [0.29, 0.717) is 41.9 Å². The van der Waals surface area contributed by atoms with Crippen molar-refractivity contribution < 1.29 is 31.5 Å². The number of nitrogens with one attached hydrogen (secondary N) is 1. The zero-order chi connectivity index (χ0) is 45.8. The number of likely N-dealkylation sites (tertiary alicyclic amines) is 5. The minimum atomic E-state index is -3.72. The van der Waals surface area contributed by atoms with E-state index in [1.165, 1.54) is 45.6 Å². The fraction of sp³-hybridized carbons (Fsp3) is 0.686. The lowest BCUT2D eigenvalue weighted by atomic mass is 9.58. The molecular weight excluding hydrogens is 861 g/mol. The number of carbonyl (C=O) groups excluding carboxylic acids is 2. The molecule has 2 aromatic carbocycles. The molecule has 1 unspecified atom stereocenters. The molecule has 0 aromatic heterocycles. The van der Waals surface area contributed by atoms with Crippen LogP contribution < -0.4 is 10.2 Å². The van der Waals surface area contributed by atoms with Crippen LogP contribution in [0.25, 0.3) is 0 Å². The monoisotopic (exact) mass is 934 g/mol. The van der Waals surface area contributed by atoms with Gasteiger partial charge in [0.1, 0.15) is 17.2 Å². The van der Waals surface area contributed by atoms with Crippen molar-refractivity contribution in [3.63, 3.8) is 0 Å². The van der Waals surface area contributed by atoms with E-state index in [1.807, 2.05) is 29.2 Å². The average Bonchev–Trinajstić information content (AvgIpc) is 3.74. The zero-order valence-electron chi connectivity index (χ0n) is 39.1. The third-order valence-electron chi connectivity index (χ3n) is 16.4. The highest BCUT2D eigenvalue weighted by atomic mass is 32.2. The number of methoxy groups -OCH3 is 1. The number of ether oxygens (including phenoxy) is 1. The van der Waals surface area contributed by atoms with Crippen LogP contribution in [0.1, 0.15) is 81.8 Å². The van der Waals surface area contributed by atoms with E-state index in [1.54, 1.807) is 29.2 Å². The first-order chi connectivity index (χ1) is 32.0. The molecule has 3 atom stereocenters.